The number of aliphatic carboxylic acids is 1. The van der Waals surface area contributed by atoms with E-state index in [1.807, 2.05) is 30.3 Å². The van der Waals surface area contributed by atoms with Gasteiger partial charge in [0.05, 0.1) is 18.7 Å². The van der Waals surface area contributed by atoms with Gasteiger partial charge in [-0.05, 0) is 91.4 Å². The number of hydrogen-bond acceptors (Lipinski definition) is 4. The van der Waals surface area contributed by atoms with Crippen LogP contribution in [-0.2, 0) is 17.8 Å². The number of halogens is 4. The Kier molecular flexibility index (Phi) is 8.10. The van der Waals surface area contributed by atoms with Gasteiger partial charge in [-0.3, -0.25) is 14.7 Å². The van der Waals surface area contributed by atoms with Crippen LogP contribution >= 0.6 is 0 Å². The van der Waals surface area contributed by atoms with Gasteiger partial charge in [-0.1, -0.05) is 37.3 Å². The summed E-state index contributed by atoms with van der Waals surface area (Å²) in [4.78, 5) is 17.0. The fraction of sp³-hybridized carbons (Fsp3) is 0.438. The minimum Gasteiger partial charge on any atom is -0.485 e. The third-order valence-corrected chi connectivity index (χ3v) is 8.15. The normalized spacial score (nSPS) is 18.5. The molecule has 2 aromatic carbocycles. The second-order valence-electron chi connectivity index (χ2n) is 11.5. The van der Waals surface area contributed by atoms with E-state index in [4.69, 9.17) is 4.74 Å². The number of carboxylic acids is 1. The molecule has 0 saturated heterocycles. The van der Waals surface area contributed by atoms with Crippen molar-refractivity contribution in [2.45, 2.75) is 64.3 Å². The molecule has 3 atom stereocenters. The van der Waals surface area contributed by atoms with Crippen LogP contribution in [0.3, 0.4) is 0 Å². The Labute approximate surface area is 237 Å². The molecule has 2 aliphatic rings. The number of carboxylic acid groups (broad SMARTS) is 1. The van der Waals surface area contributed by atoms with E-state index in [9.17, 15) is 27.5 Å². The van der Waals surface area contributed by atoms with Crippen LogP contribution in [0, 0.1) is 24.6 Å². The molecule has 0 spiro atoms. The molecule has 3 aromatic rings. The van der Waals surface area contributed by atoms with E-state index in [1.54, 1.807) is 26.0 Å². The molecule has 0 radical (unpaired) electrons. The van der Waals surface area contributed by atoms with E-state index < -0.39 is 30.4 Å². The van der Waals surface area contributed by atoms with Crippen molar-refractivity contribution < 1.29 is 32.2 Å². The van der Waals surface area contributed by atoms with Crippen LogP contribution in [0.4, 0.5) is 17.6 Å². The van der Waals surface area contributed by atoms with Gasteiger partial charge in [-0.2, -0.15) is 13.2 Å². The van der Waals surface area contributed by atoms with Crippen LogP contribution < -0.4 is 4.74 Å². The number of aryl methyl sites for hydroxylation is 2. The zero-order valence-electron chi connectivity index (χ0n) is 23.3. The minimum absolute atomic E-state index is 0.0346. The van der Waals surface area contributed by atoms with Gasteiger partial charge >= 0.3 is 12.1 Å². The molecule has 1 N–H and O–H groups in total. The molecule has 5 nitrogen and oxygen atoms in total. The lowest BCUT2D eigenvalue weighted by molar-refractivity contribution is -0.144. The van der Waals surface area contributed by atoms with Crippen LogP contribution in [0.5, 0.6) is 5.75 Å². The molecule has 1 aliphatic heterocycles. The minimum atomic E-state index is -4.37. The molecular formula is C32H34F4N2O3. The van der Waals surface area contributed by atoms with Crippen LogP contribution in [0.15, 0.2) is 48.7 Å². The van der Waals surface area contributed by atoms with Gasteiger partial charge in [0.15, 0.2) is 0 Å². The second-order valence-corrected chi connectivity index (χ2v) is 11.5. The maximum Gasteiger partial charge on any atom is 0.401 e. The van der Waals surface area contributed by atoms with Gasteiger partial charge in [-0.25, -0.2) is 4.39 Å². The van der Waals surface area contributed by atoms with Crippen molar-refractivity contribution in [3.8, 4) is 16.9 Å². The molecule has 218 valence electrons. The number of pyridine rings is 1. The number of carbonyl (C=O) groups is 1. The average Bonchev–Trinajstić information content (AvgIpc) is 3.74. The van der Waals surface area contributed by atoms with Crippen LogP contribution in [0.1, 0.15) is 66.2 Å². The van der Waals surface area contributed by atoms with Crippen LogP contribution in [0.25, 0.3) is 11.1 Å². The van der Waals surface area contributed by atoms with E-state index in [1.165, 1.54) is 11.9 Å². The second kappa shape index (κ2) is 11.4. The standard InChI is InChI=1S/C32H34F4N2O3/c1-18-12-26(27(33)15-37-18)25-10-8-22(13-24(25)16-38(3)17-32(34,35)36)28-11-9-20-4-7-23(14-29(20)41-28)30(21-5-6-21)19(2)31(39)40/h4,7-8,10,12-15,19,21,28,30H,5-6,9,11,16-17H2,1-3H3,(H,39,40)/t19-,28?,30-/m0/s1. The number of ether oxygens (including phenoxy) is 1. The summed E-state index contributed by atoms with van der Waals surface area (Å²) in [6.07, 6.45) is -0.151. The molecule has 1 unspecified atom stereocenters. The Bertz CT molecular complexity index is 1440. The fourth-order valence-electron chi connectivity index (χ4n) is 6.02. The third kappa shape index (κ3) is 6.72. The van der Waals surface area contributed by atoms with Crippen LogP contribution in [-0.4, -0.2) is 40.7 Å². The highest BCUT2D eigenvalue weighted by molar-refractivity contribution is 5.71. The summed E-state index contributed by atoms with van der Waals surface area (Å²) in [7, 11) is 1.39. The lowest BCUT2D eigenvalue weighted by Crippen LogP contribution is -2.30. The summed E-state index contributed by atoms with van der Waals surface area (Å²) in [6.45, 7) is 2.36. The quantitative estimate of drug-likeness (QED) is 0.271. The number of aromatic nitrogens is 1. The highest BCUT2D eigenvalue weighted by atomic mass is 19.4. The Balaban J connectivity index is 1.46. The van der Waals surface area contributed by atoms with E-state index in [2.05, 4.69) is 4.98 Å². The zero-order valence-corrected chi connectivity index (χ0v) is 23.3. The lowest BCUT2D eigenvalue weighted by atomic mass is 9.82. The predicted molar refractivity (Wildman–Crippen MR) is 147 cm³/mol. The smallest absolute Gasteiger partial charge is 0.401 e. The summed E-state index contributed by atoms with van der Waals surface area (Å²) < 4.78 is 60.7. The first-order valence-corrected chi connectivity index (χ1v) is 13.9. The molecule has 1 saturated carbocycles. The highest BCUT2D eigenvalue weighted by Crippen LogP contribution is 2.48. The summed E-state index contributed by atoms with van der Waals surface area (Å²) in [5.41, 5.74) is 4.76. The number of rotatable bonds is 9. The number of alkyl halides is 3. The van der Waals surface area contributed by atoms with Crippen molar-refractivity contribution in [2.75, 3.05) is 13.6 Å². The van der Waals surface area contributed by atoms with Gasteiger partial charge in [0.1, 0.15) is 17.7 Å². The van der Waals surface area contributed by atoms with Gasteiger partial charge in [0.25, 0.3) is 0 Å². The number of fused-ring (bicyclic) bond motifs is 1. The van der Waals surface area contributed by atoms with Crippen molar-refractivity contribution in [2.24, 2.45) is 11.8 Å². The molecule has 2 heterocycles. The lowest BCUT2D eigenvalue weighted by Gasteiger charge is -2.29. The van der Waals surface area contributed by atoms with Crippen LogP contribution in [0.2, 0.25) is 0 Å². The Morgan fingerprint density at radius 3 is 2.56 bits per heavy atom. The number of nitrogens with zero attached hydrogens (tertiary/aromatic N) is 2. The van der Waals surface area contributed by atoms with E-state index in [0.717, 1.165) is 42.1 Å². The van der Waals surface area contributed by atoms with Crippen molar-refractivity contribution in [3.05, 3.63) is 82.4 Å². The Hall–Kier alpha value is -3.46. The van der Waals surface area contributed by atoms with E-state index in [-0.39, 0.29) is 24.1 Å². The Morgan fingerprint density at radius 2 is 1.88 bits per heavy atom. The maximum atomic E-state index is 14.8. The van der Waals surface area contributed by atoms with Gasteiger partial charge in [0.2, 0.25) is 0 Å². The zero-order chi connectivity index (χ0) is 29.5. The highest BCUT2D eigenvalue weighted by Gasteiger charge is 2.39. The molecule has 9 heteroatoms. The molecule has 1 fully saturated rings. The average molecular weight is 571 g/mol. The molecule has 0 bridgehead atoms. The molecular weight excluding hydrogens is 536 g/mol. The van der Waals surface area contributed by atoms with Crippen molar-refractivity contribution in [1.29, 1.82) is 0 Å². The summed E-state index contributed by atoms with van der Waals surface area (Å²) >= 11 is 0. The monoisotopic (exact) mass is 570 g/mol. The topological polar surface area (TPSA) is 62.7 Å². The molecule has 5 rings (SSSR count). The first-order valence-electron chi connectivity index (χ1n) is 13.9. The fourth-order valence-corrected chi connectivity index (χ4v) is 6.02. The molecule has 1 aliphatic carbocycles. The largest absolute Gasteiger partial charge is 0.485 e. The van der Waals surface area contributed by atoms with Gasteiger partial charge < -0.3 is 9.84 Å². The number of benzene rings is 2. The predicted octanol–water partition coefficient (Wildman–Crippen LogP) is 7.47. The summed E-state index contributed by atoms with van der Waals surface area (Å²) in [6, 6.07) is 13.0. The van der Waals surface area contributed by atoms with E-state index >= 15 is 0 Å². The summed E-state index contributed by atoms with van der Waals surface area (Å²) in [5, 5.41) is 9.68. The van der Waals surface area contributed by atoms with Crippen molar-refractivity contribution in [1.82, 2.24) is 9.88 Å². The van der Waals surface area contributed by atoms with Gasteiger partial charge in [-0.15, -0.1) is 0 Å². The third-order valence-electron chi connectivity index (χ3n) is 8.15. The molecule has 0 amide bonds. The van der Waals surface area contributed by atoms with E-state index in [0.29, 0.717) is 34.9 Å². The van der Waals surface area contributed by atoms with Crippen molar-refractivity contribution >= 4 is 5.97 Å². The first kappa shape index (κ1) is 29.0. The van der Waals surface area contributed by atoms with Gasteiger partial charge in [0, 0.05) is 17.8 Å². The Morgan fingerprint density at radius 1 is 1.12 bits per heavy atom. The first-order chi connectivity index (χ1) is 19.4. The SMILES string of the molecule is Cc1cc(-c2ccc(C3CCc4ccc([C@H](C5CC5)[C@H](C)C(=O)O)cc4O3)cc2CN(C)CC(F)(F)F)c(F)cn1. The number of hydrogen-bond donors (Lipinski definition) is 1. The summed E-state index contributed by atoms with van der Waals surface area (Å²) in [5.74, 6) is -0.907. The van der Waals surface area contributed by atoms with Crippen molar-refractivity contribution in [3.63, 3.8) is 0 Å². The maximum absolute atomic E-state index is 14.8. The molecule has 41 heavy (non-hydrogen) atoms. The molecule has 1 aromatic heterocycles.